The van der Waals surface area contributed by atoms with Crippen molar-refractivity contribution in [3.63, 3.8) is 0 Å². The van der Waals surface area contributed by atoms with Crippen LogP contribution in [0.1, 0.15) is 0 Å². The third-order valence-electron chi connectivity index (χ3n) is 4.39. The molecule has 0 saturated carbocycles. The van der Waals surface area contributed by atoms with Gasteiger partial charge in [0.2, 0.25) is 4.90 Å². The highest BCUT2D eigenvalue weighted by Gasteiger charge is 2.21. The number of halogens is 1. The Morgan fingerprint density at radius 3 is 2.53 bits per heavy atom. The summed E-state index contributed by atoms with van der Waals surface area (Å²) in [5.74, 6) is 0.569. The van der Waals surface area contributed by atoms with Gasteiger partial charge in [0.25, 0.3) is 0 Å². The molecule has 0 saturated heterocycles. The van der Waals surface area contributed by atoms with Gasteiger partial charge in [0.05, 0.1) is 19.9 Å². The first-order valence-corrected chi connectivity index (χ1v) is 10.4. The Morgan fingerprint density at radius 1 is 1.00 bits per heavy atom. The molecule has 0 aromatic heterocycles. The standard InChI is InChI=1S/C22H24FN3O3S/c1-28-18-7-8-20(23)19(14-18)15-6-9-21(29-2)22(12-15)30(27)26-17-5-3-4-16(13-17)25-11-10-24/h3-9,12-14,25-26H,10-11,24H2,1-2H3. The second-order valence-electron chi connectivity index (χ2n) is 6.38. The van der Waals surface area contributed by atoms with E-state index in [9.17, 15) is 8.94 Å². The fourth-order valence-electron chi connectivity index (χ4n) is 2.91. The molecule has 3 aromatic carbocycles. The monoisotopic (exact) mass is 429 g/mol. The third-order valence-corrected chi connectivity index (χ3v) is 5.53. The summed E-state index contributed by atoms with van der Waals surface area (Å²) in [6.45, 7) is 1.14. The average molecular weight is 430 g/mol. The molecule has 0 spiro atoms. The highest BCUT2D eigenvalue weighted by Crippen LogP contribution is 2.34. The second kappa shape index (κ2) is 10.2. The van der Waals surface area contributed by atoms with Crippen LogP contribution in [-0.2, 0) is 11.4 Å². The summed E-state index contributed by atoms with van der Waals surface area (Å²) in [5.41, 5.74) is 7.96. The van der Waals surface area contributed by atoms with Crippen LogP contribution in [0.15, 0.2) is 65.6 Å². The fraction of sp³-hybridized carbons (Fsp3) is 0.182. The lowest BCUT2D eigenvalue weighted by Crippen LogP contribution is -2.15. The second-order valence-corrected chi connectivity index (χ2v) is 7.56. The van der Waals surface area contributed by atoms with Gasteiger partial charge in [-0.05, 0) is 48.0 Å². The summed E-state index contributed by atoms with van der Waals surface area (Å²) in [6, 6.07) is 16.9. The van der Waals surface area contributed by atoms with Gasteiger partial charge < -0.3 is 25.1 Å². The van der Waals surface area contributed by atoms with Crippen molar-refractivity contribution >= 4 is 22.7 Å². The number of methoxy groups -OCH3 is 2. The number of nitrogens with one attached hydrogen (secondary N) is 2. The molecule has 0 aliphatic rings. The van der Waals surface area contributed by atoms with E-state index in [1.54, 1.807) is 30.3 Å². The Labute approximate surface area is 178 Å². The Kier molecular flexibility index (Phi) is 7.40. The van der Waals surface area contributed by atoms with Crippen molar-refractivity contribution in [2.24, 2.45) is 5.73 Å². The van der Waals surface area contributed by atoms with Crippen molar-refractivity contribution in [2.45, 2.75) is 4.90 Å². The summed E-state index contributed by atoms with van der Waals surface area (Å²) in [7, 11) is 3.02. The Balaban J connectivity index is 1.90. The minimum absolute atomic E-state index is 0.350. The molecule has 0 bridgehead atoms. The van der Waals surface area contributed by atoms with Crippen LogP contribution in [0.4, 0.5) is 15.8 Å². The number of hydrogen-bond donors (Lipinski definition) is 3. The van der Waals surface area contributed by atoms with Crippen molar-refractivity contribution in [2.75, 3.05) is 37.3 Å². The van der Waals surface area contributed by atoms with Gasteiger partial charge in [-0.25, -0.2) is 9.11 Å². The zero-order chi connectivity index (χ0) is 21.5. The van der Waals surface area contributed by atoms with E-state index < -0.39 is 17.2 Å². The summed E-state index contributed by atoms with van der Waals surface area (Å²) in [5, 5.41) is 3.18. The van der Waals surface area contributed by atoms with Crippen LogP contribution in [0, 0.1) is 5.82 Å². The van der Waals surface area contributed by atoms with Gasteiger partial charge in [-0.15, -0.1) is 0 Å². The molecular formula is C22H24FN3O3S. The van der Waals surface area contributed by atoms with Crippen LogP contribution < -0.4 is 25.2 Å². The third kappa shape index (κ3) is 5.15. The maximum absolute atomic E-state index is 14.4. The maximum Gasteiger partial charge on any atom is 0.222 e. The van der Waals surface area contributed by atoms with E-state index in [-0.39, 0.29) is 0 Å². The van der Waals surface area contributed by atoms with E-state index in [1.807, 2.05) is 24.3 Å². The molecule has 1 unspecified atom stereocenters. The number of hydrogen-bond acceptors (Lipinski definition) is 6. The van der Waals surface area contributed by atoms with Gasteiger partial charge in [-0.2, -0.15) is 0 Å². The van der Waals surface area contributed by atoms with Crippen LogP contribution in [0.2, 0.25) is 0 Å². The molecule has 6 nitrogen and oxygen atoms in total. The average Bonchev–Trinajstić information content (AvgIpc) is 2.78. The van der Waals surface area contributed by atoms with Gasteiger partial charge in [0, 0.05) is 30.4 Å². The van der Waals surface area contributed by atoms with E-state index in [2.05, 4.69) is 10.0 Å². The molecule has 8 heteroatoms. The number of ether oxygens (including phenoxy) is 2. The first kappa shape index (κ1) is 21.8. The van der Waals surface area contributed by atoms with Crippen LogP contribution >= 0.6 is 0 Å². The molecule has 0 fully saturated rings. The Bertz CT molecular complexity index is 1000. The molecule has 0 heterocycles. The Hall–Kier alpha value is -2.94. The van der Waals surface area contributed by atoms with Crippen LogP contribution in [0.3, 0.4) is 0 Å². The summed E-state index contributed by atoms with van der Waals surface area (Å²) >= 11 is -1.64. The van der Waals surface area contributed by atoms with Crippen molar-refractivity contribution in [1.82, 2.24) is 0 Å². The molecule has 0 aliphatic carbocycles. The highest BCUT2D eigenvalue weighted by molar-refractivity contribution is 7.92. The van der Waals surface area contributed by atoms with Crippen molar-refractivity contribution in [3.8, 4) is 22.6 Å². The first-order chi connectivity index (χ1) is 14.5. The lowest BCUT2D eigenvalue weighted by atomic mass is 10.0. The Morgan fingerprint density at radius 2 is 1.80 bits per heavy atom. The lowest BCUT2D eigenvalue weighted by Gasteiger charge is -2.16. The van der Waals surface area contributed by atoms with Gasteiger partial charge in [0.1, 0.15) is 22.9 Å². The maximum atomic E-state index is 14.4. The van der Waals surface area contributed by atoms with E-state index in [4.69, 9.17) is 15.2 Å². The molecule has 158 valence electrons. The van der Waals surface area contributed by atoms with Gasteiger partial charge in [-0.1, -0.05) is 12.1 Å². The quantitative estimate of drug-likeness (QED) is 0.445. The van der Waals surface area contributed by atoms with E-state index >= 15 is 0 Å². The van der Waals surface area contributed by atoms with Crippen molar-refractivity contribution in [3.05, 3.63) is 66.5 Å². The van der Waals surface area contributed by atoms with E-state index in [0.717, 1.165) is 5.69 Å². The normalized spacial score (nSPS) is 11.6. The molecule has 3 rings (SSSR count). The molecule has 0 aliphatic heterocycles. The minimum atomic E-state index is -1.64. The summed E-state index contributed by atoms with van der Waals surface area (Å²) in [4.78, 5) is 0.401. The topological polar surface area (TPSA) is 91.6 Å². The number of benzene rings is 3. The SMILES string of the molecule is COc1ccc(F)c(-c2ccc(OC)c([S+]([O-])Nc3cccc(NCCN)c3)c2)c1. The zero-order valence-electron chi connectivity index (χ0n) is 16.8. The van der Waals surface area contributed by atoms with Crippen molar-refractivity contribution in [1.29, 1.82) is 0 Å². The highest BCUT2D eigenvalue weighted by atomic mass is 32.2. The molecule has 0 radical (unpaired) electrons. The fourth-order valence-corrected chi connectivity index (χ4v) is 3.93. The lowest BCUT2D eigenvalue weighted by molar-refractivity contribution is 0.403. The van der Waals surface area contributed by atoms with Crippen LogP contribution in [-0.4, -0.2) is 31.9 Å². The van der Waals surface area contributed by atoms with Gasteiger partial charge >= 0.3 is 0 Å². The van der Waals surface area contributed by atoms with Crippen LogP contribution in [0.25, 0.3) is 11.1 Å². The van der Waals surface area contributed by atoms with Gasteiger partial charge in [-0.3, -0.25) is 0 Å². The number of rotatable bonds is 9. The number of nitrogens with two attached hydrogens (primary N) is 1. The van der Waals surface area contributed by atoms with Gasteiger partial charge in [0.15, 0.2) is 5.75 Å². The molecule has 30 heavy (non-hydrogen) atoms. The predicted octanol–water partition coefficient (Wildman–Crippen LogP) is 4.02. The van der Waals surface area contributed by atoms with Crippen LogP contribution in [0.5, 0.6) is 11.5 Å². The summed E-state index contributed by atoms with van der Waals surface area (Å²) in [6.07, 6.45) is 0. The molecule has 3 aromatic rings. The minimum Gasteiger partial charge on any atom is -0.588 e. The molecule has 4 N–H and O–H groups in total. The molecular weight excluding hydrogens is 405 g/mol. The zero-order valence-corrected chi connectivity index (χ0v) is 17.6. The summed E-state index contributed by atoms with van der Waals surface area (Å²) < 4.78 is 41.0. The first-order valence-electron chi connectivity index (χ1n) is 9.30. The predicted molar refractivity (Wildman–Crippen MR) is 119 cm³/mol. The van der Waals surface area contributed by atoms with E-state index in [0.29, 0.717) is 46.3 Å². The smallest absolute Gasteiger partial charge is 0.222 e. The van der Waals surface area contributed by atoms with Crippen molar-refractivity contribution < 1.29 is 18.4 Å². The van der Waals surface area contributed by atoms with E-state index in [1.165, 1.54) is 20.3 Å². The molecule has 1 atom stereocenters. The molecule has 0 amide bonds. The largest absolute Gasteiger partial charge is 0.588 e. The number of anilines is 2.